The van der Waals surface area contributed by atoms with Gasteiger partial charge in [-0.05, 0) is 44.5 Å². The van der Waals surface area contributed by atoms with Crippen LogP contribution in [-0.4, -0.2) is 23.5 Å². The van der Waals surface area contributed by atoms with Crippen molar-refractivity contribution < 1.29 is 4.79 Å². The van der Waals surface area contributed by atoms with Gasteiger partial charge in [-0.25, -0.2) is 4.98 Å². The molecule has 0 aliphatic carbocycles. The Morgan fingerprint density at radius 2 is 2.12 bits per heavy atom. The van der Waals surface area contributed by atoms with E-state index >= 15 is 0 Å². The molecule has 3 rings (SSSR count). The second-order valence-electron chi connectivity index (χ2n) is 7.52. The number of rotatable bonds is 2. The van der Waals surface area contributed by atoms with Crippen LogP contribution in [0.15, 0.2) is 18.2 Å². The van der Waals surface area contributed by atoms with E-state index in [9.17, 15) is 4.79 Å². The lowest BCUT2D eigenvalue weighted by Gasteiger charge is -2.27. The van der Waals surface area contributed by atoms with Gasteiger partial charge >= 0.3 is 0 Å². The maximum absolute atomic E-state index is 12.5. The van der Waals surface area contributed by atoms with Gasteiger partial charge in [-0.1, -0.05) is 20.8 Å². The zero-order valence-corrected chi connectivity index (χ0v) is 16.3. The SMILES string of the molecule is C[C@H]1C[C@@H](C(=O)Nc2ccc3nc(C(C)(C)C)sc3c2)CCN1.Cl. The number of amides is 1. The van der Waals surface area contributed by atoms with E-state index in [4.69, 9.17) is 4.98 Å². The number of anilines is 1. The van der Waals surface area contributed by atoms with Crippen LogP contribution in [0, 0.1) is 5.92 Å². The first-order chi connectivity index (χ1) is 10.8. The van der Waals surface area contributed by atoms with Crippen molar-refractivity contribution in [3.05, 3.63) is 23.2 Å². The van der Waals surface area contributed by atoms with Gasteiger partial charge in [0.1, 0.15) is 0 Å². The highest BCUT2D eigenvalue weighted by atomic mass is 35.5. The molecule has 1 amide bonds. The fraction of sp³-hybridized carbons (Fsp3) is 0.556. The number of carbonyl (C=O) groups is 1. The predicted molar refractivity (Wildman–Crippen MR) is 104 cm³/mol. The van der Waals surface area contributed by atoms with Gasteiger partial charge in [0.05, 0.1) is 15.2 Å². The highest BCUT2D eigenvalue weighted by molar-refractivity contribution is 7.18. The average molecular weight is 368 g/mol. The number of piperidine rings is 1. The molecule has 0 bridgehead atoms. The molecule has 1 fully saturated rings. The molecule has 0 radical (unpaired) electrons. The number of nitrogens with one attached hydrogen (secondary N) is 2. The quantitative estimate of drug-likeness (QED) is 0.830. The minimum Gasteiger partial charge on any atom is -0.326 e. The summed E-state index contributed by atoms with van der Waals surface area (Å²) in [4.78, 5) is 17.2. The number of thiazole rings is 1. The van der Waals surface area contributed by atoms with E-state index in [1.54, 1.807) is 11.3 Å². The number of nitrogens with zero attached hydrogens (tertiary/aromatic N) is 1. The number of carbonyl (C=O) groups excluding carboxylic acids is 1. The Morgan fingerprint density at radius 3 is 2.79 bits per heavy atom. The Morgan fingerprint density at radius 1 is 1.38 bits per heavy atom. The summed E-state index contributed by atoms with van der Waals surface area (Å²) in [5.41, 5.74) is 1.93. The summed E-state index contributed by atoms with van der Waals surface area (Å²) in [5, 5.41) is 7.60. The highest BCUT2D eigenvalue weighted by Gasteiger charge is 2.25. The van der Waals surface area contributed by atoms with Crippen molar-refractivity contribution in [1.82, 2.24) is 10.3 Å². The molecule has 1 aromatic heterocycles. The number of halogens is 1. The lowest BCUT2D eigenvalue weighted by atomic mass is 9.92. The first kappa shape index (κ1) is 19.2. The molecule has 2 atom stereocenters. The lowest BCUT2D eigenvalue weighted by molar-refractivity contribution is -0.120. The van der Waals surface area contributed by atoms with E-state index < -0.39 is 0 Å². The lowest BCUT2D eigenvalue weighted by Crippen LogP contribution is -2.40. The number of benzene rings is 1. The predicted octanol–water partition coefficient (Wildman–Crippen LogP) is 4.34. The number of hydrogen-bond donors (Lipinski definition) is 2. The molecule has 6 heteroatoms. The molecule has 1 saturated heterocycles. The Kier molecular flexibility index (Phi) is 5.89. The van der Waals surface area contributed by atoms with E-state index in [1.807, 2.05) is 18.2 Å². The topological polar surface area (TPSA) is 54.0 Å². The molecule has 1 aliphatic heterocycles. The van der Waals surface area contributed by atoms with E-state index in [1.165, 1.54) is 0 Å². The van der Waals surface area contributed by atoms with Gasteiger partial charge in [-0.2, -0.15) is 0 Å². The van der Waals surface area contributed by atoms with Crippen LogP contribution in [0.3, 0.4) is 0 Å². The van der Waals surface area contributed by atoms with Crippen molar-refractivity contribution in [2.24, 2.45) is 5.92 Å². The summed E-state index contributed by atoms with van der Waals surface area (Å²) in [6.45, 7) is 9.57. The van der Waals surface area contributed by atoms with Crippen molar-refractivity contribution >= 4 is 45.6 Å². The van der Waals surface area contributed by atoms with Gasteiger partial charge in [0.15, 0.2) is 0 Å². The smallest absolute Gasteiger partial charge is 0.227 e. The second kappa shape index (κ2) is 7.38. The Bertz CT molecular complexity index is 723. The van der Waals surface area contributed by atoms with Crippen molar-refractivity contribution in [2.45, 2.75) is 52.0 Å². The highest BCUT2D eigenvalue weighted by Crippen LogP contribution is 2.32. The number of aromatic nitrogens is 1. The molecule has 132 valence electrons. The van der Waals surface area contributed by atoms with Crippen molar-refractivity contribution in [1.29, 1.82) is 0 Å². The maximum atomic E-state index is 12.5. The molecule has 0 saturated carbocycles. The maximum Gasteiger partial charge on any atom is 0.227 e. The minimum atomic E-state index is 0. The monoisotopic (exact) mass is 367 g/mol. The first-order valence-corrected chi connectivity index (χ1v) is 9.10. The van der Waals surface area contributed by atoms with Crippen LogP contribution < -0.4 is 10.6 Å². The standard InChI is InChI=1S/C18H25N3OS.ClH/c1-11-9-12(7-8-19-11)16(22)20-13-5-6-14-15(10-13)23-17(21-14)18(2,3)4;/h5-6,10-12,19H,7-9H2,1-4H3,(H,20,22);1H/t11-,12-;/m0./s1. The molecular weight excluding hydrogens is 342 g/mol. The molecule has 1 aliphatic rings. The average Bonchev–Trinajstić information content (AvgIpc) is 2.90. The molecular formula is C18H26ClN3OS. The van der Waals surface area contributed by atoms with E-state index in [0.29, 0.717) is 6.04 Å². The number of hydrogen-bond acceptors (Lipinski definition) is 4. The molecule has 0 spiro atoms. The largest absolute Gasteiger partial charge is 0.326 e. The van der Waals surface area contributed by atoms with Crippen molar-refractivity contribution in [2.75, 3.05) is 11.9 Å². The fourth-order valence-corrected chi connectivity index (χ4v) is 4.00. The number of fused-ring (bicyclic) bond motifs is 1. The van der Waals surface area contributed by atoms with Crippen LogP contribution in [0.25, 0.3) is 10.2 Å². The third kappa shape index (κ3) is 4.26. The molecule has 2 heterocycles. The fourth-order valence-electron chi connectivity index (χ4n) is 2.94. The molecule has 2 N–H and O–H groups in total. The third-order valence-electron chi connectivity index (χ3n) is 4.29. The van der Waals surface area contributed by atoms with E-state index in [0.717, 1.165) is 40.3 Å². The molecule has 0 unspecified atom stereocenters. The minimum absolute atomic E-state index is 0. The van der Waals surface area contributed by atoms with Crippen LogP contribution in [0.1, 0.15) is 45.5 Å². The Hall–Kier alpha value is -1.17. The second-order valence-corrected chi connectivity index (χ2v) is 8.55. The van der Waals surface area contributed by atoms with Crippen LogP contribution in [0.2, 0.25) is 0 Å². The summed E-state index contributed by atoms with van der Waals surface area (Å²) >= 11 is 1.71. The van der Waals surface area contributed by atoms with E-state index in [2.05, 4.69) is 38.3 Å². The van der Waals surface area contributed by atoms with Gasteiger partial charge < -0.3 is 10.6 Å². The zero-order valence-electron chi connectivity index (χ0n) is 14.7. The molecule has 1 aromatic carbocycles. The van der Waals surface area contributed by atoms with Crippen LogP contribution >= 0.6 is 23.7 Å². The van der Waals surface area contributed by atoms with Gasteiger partial charge in [0, 0.05) is 23.1 Å². The molecule has 2 aromatic rings. The van der Waals surface area contributed by atoms with Gasteiger partial charge in [0.2, 0.25) is 5.91 Å². The van der Waals surface area contributed by atoms with Crippen LogP contribution in [0.4, 0.5) is 5.69 Å². The van der Waals surface area contributed by atoms with Gasteiger partial charge in [-0.3, -0.25) is 4.79 Å². The normalized spacial score (nSPS) is 21.3. The first-order valence-electron chi connectivity index (χ1n) is 8.28. The van der Waals surface area contributed by atoms with Crippen LogP contribution in [0.5, 0.6) is 0 Å². The third-order valence-corrected chi connectivity index (χ3v) is 5.74. The van der Waals surface area contributed by atoms with Crippen molar-refractivity contribution in [3.8, 4) is 0 Å². The van der Waals surface area contributed by atoms with Crippen LogP contribution in [-0.2, 0) is 10.2 Å². The summed E-state index contributed by atoms with van der Waals surface area (Å²) in [5.74, 6) is 0.242. The summed E-state index contributed by atoms with van der Waals surface area (Å²) in [7, 11) is 0. The van der Waals surface area contributed by atoms with E-state index in [-0.39, 0.29) is 29.6 Å². The zero-order chi connectivity index (χ0) is 16.6. The van der Waals surface area contributed by atoms with Gasteiger partial charge in [-0.15, -0.1) is 23.7 Å². The summed E-state index contributed by atoms with van der Waals surface area (Å²) in [6, 6.07) is 6.42. The molecule has 4 nitrogen and oxygen atoms in total. The molecule has 24 heavy (non-hydrogen) atoms. The van der Waals surface area contributed by atoms with Gasteiger partial charge in [0.25, 0.3) is 0 Å². The van der Waals surface area contributed by atoms with Crippen molar-refractivity contribution in [3.63, 3.8) is 0 Å². The summed E-state index contributed by atoms with van der Waals surface area (Å²) in [6.07, 6.45) is 1.82. The summed E-state index contributed by atoms with van der Waals surface area (Å²) < 4.78 is 1.13. The Balaban J connectivity index is 0.00000208. The Labute approximate surface area is 153 Å².